The first-order valence-corrected chi connectivity index (χ1v) is 6.50. The first-order valence-electron chi connectivity index (χ1n) is 6.50. The van der Waals surface area contributed by atoms with Gasteiger partial charge in [0.2, 0.25) is 5.89 Å². The van der Waals surface area contributed by atoms with Gasteiger partial charge in [0.1, 0.15) is 0 Å². The minimum atomic E-state index is -0.208. The van der Waals surface area contributed by atoms with Crippen molar-refractivity contribution in [3.05, 3.63) is 11.7 Å². The van der Waals surface area contributed by atoms with Crippen molar-refractivity contribution >= 4 is 5.97 Å². The van der Waals surface area contributed by atoms with Gasteiger partial charge in [-0.2, -0.15) is 4.98 Å². The highest BCUT2D eigenvalue weighted by Gasteiger charge is 2.17. The normalized spacial score (nSPS) is 13.0. The van der Waals surface area contributed by atoms with Crippen molar-refractivity contribution in [3.8, 4) is 0 Å². The Labute approximate surface area is 114 Å². The van der Waals surface area contributed by atoms with E-state index in [1.54, 1.807) is 0 Å². The lowest BCUT2D eigenvalue weighted by Gasteiger charge is -2.17. The molecule has 6 heteroatoms. The minimum Gasteiger partial charge on any atom is -0.469 e. The maximum Gasteiger partial charge on any atom is 0.309 e. The second-order valence-electron chi connectivity index (χ2n) is 5.32. The molecule has 1 rings (SSSR count). The van der Waals surface area contributed by atoms with E-state index in [0.717, 1.165) is 6.42 Å². The zero-order valence-electron chi connectivity index (χ0n) is 12.3. The Morgan fingerprint density at radius 1 is 1.42 bits per heavy atom. The summed E-state index contributed by atoms with van der Waals surface area (Å²) < 4.78 is 9.87. The fourth-order valence-electron chi connectivity index (χ4n) is 1.84. The maximum atomic E-state index is 11.3. The molecule has 6 nitrogen and oxygen atoms in total. The van der Waals surface area contributed by atoms with Crippen LogP contribution in [0.1, 0.15) is 32.5 Å². The van der Waals surface area contributed by atoms with Crippen molar-refractivity contribution in [1.82, 2.24) is 15.0 Å². The van der Waals surface area contributed by atoms with Crippen LogP contribution in [0.3, 0.4) is 0 Å². The van der Waals surface area contributed by atoms with E-state index in [4.69, 9.17) is 9.26 Å². The summed E-state index contributed by atoms with van der Waals surface area (Å²) in [6, 6.07) is 0. The molecular weight excluding hydrogens is 246 g/mol. The lowest BCUT2D eigenvalue weighted by atomic mass is 10.1. The molecule has 0 saturated carbocycles. The molecule has 1 heterocycles. The average molecular weight is 269 g/mol. The molecule has 0 bridgehead atoms. The monoisotopic (exact) mass is 269 g/mol. The van der Waals surface area contributed by atoms with Gasteiger partial charge in [0, 0.05) is 13.0 Å². The van der Waals surface area contributed by atoms with Crippen LogP contribution in [-0.2, 0) is 22.5 Å². The van der Waals surface area contributed by atoms with Crippen LogP contribution in [0.4, 0.5) is 0 Å². The third-order valence-electron chi connectivity index (χ3n) is 2.69. The average Bonchev–Trinajstić information content (AvgIpc) is 2.73. The quantitative estimate of drug-likeness (QED) is 0.699. The van der Waals surface area contributed by atoms with Crippen LogP contribution >= 0.6 is 0 Å². The molecule has 0 N–H and O–H groups in total. The molecule has 19 heavy (non-hydrogen) atoms. The van der Waals surface area contributed by atoms with E-state index in [1.165, 1.54) is 7.11 Å². The number of hydrogen-bond acceptors (Lipinski definition) is 6. The standard InChI is InChI=1S/C13H23N3O3/c1-9(2)6-12-14-11(15-19-12)8-16(4)7-10(3)13(17)18-5/h9-10H,6-8H2,1-5H3. The van der Waals surface area contributed by atoms with Gasteiger partial charge < -0.3 is 9.26 Å². The molecule has 0 saturated heterocycles. The molecule has 0 spiro atoms. The van der Waals surface area contributed by atoms with Gasteiger partial charge in [-0.25, -0.2) is 0 Å². The summed E-state index contributed by atoms with van der Waals surface area (Å²) in [7, 11) is 3.31. The number of hydrogen-bond donors (Lipinski definition) is 0. The number of esters is 1. The summed E-state index contributed by atoms with van der Waals surface area (Å²) >= 11 is 0. The zero-order chi connectivity index (χ0) is 14.4. The van der Waals surface area contributed by atoms with Crippen molar-refractivity contribution in [2.24, 2.45) is 11.8 Å². The molecular formula is C13H23N3O3. The Morgan fingerprint density at radius 2 is 2.11 bits per heavy atom. The molecule has 0 fully saturated rings. The predicted octanol–water partition coefficient (Wildman–Crippen LogP) is 1.51. The lowest BCUT2D eigenvalue weighted by Crippen LogP contribution is -2.29. The van der Waals surface area contributed by atoms with Crippen molar-refractivity contribution in [2.75, 3.05) is 20.7 Å². The highest BCUT2D eigenvalue weighted by atomic mass is 16.5. The number of carbonyl (C=O) groups excluding carboxylic acids is 1. The minimum absolute atomic E-state index is 0.169. The molecule has 0 aliphatic carbocycles. The Hall–Kier alpha value is -1.43. The van der Waals surface area contributed by atoms with E-state index in [9.17, 15) is 4.79 Å². The topological polar surface area (TPSA) is 68.5 Å². The Bertz CT molecular complexity index is 404. The summed E-state index contributed by atoms with van der Waals surface area (Å²) in [6.45, 7) is 7.20. The van der Waals surface area contributed by atoms with E-state index in [0.29, 0.717) is 30.7 Å². The van der Waals surface area contributed by atoms with Crippen molar-refractivity contribution in [2.45, 2.75) is 33.7 Å². The van der Waals surface area contributed by atoms with Gasteiger partial charge in [-0.15, -0.1) is 0 Å². The van der Waals surface area contributed by atoms with Gasteiger partial charge in [-0.3, -0.25) is 9.69 Å². The number of carbonyl (C=O) groups is 1. The molecule has 1 aromatic heterocycles. The van der Waals surface area contributed by atoms with E-state index < -0.39 is 0 Å². The number of aromatic nitrogens is 2. The molecule has 1 unspecified atom stereocenters. The zero-order valence-corrected chi connectivity index (χ0v) is 12.3. The van der Waals surface area contributed by atoms with E-state index >= 15 is 0 Å². The van der Waals surface area contributed by atoms with Crippen LogP contribution in [0.25, 0.3) is 0 Å². The first kappa shape index (κ1) is 15.6. The molecule has 0 aliphatic rings. The van der Waals surface area contributed by atoms with E-state index in [-0.39, 0.29) is 11.9 Å². The van der Waals surface area contributed by atoms with E-state index in [1.807, 2.05) is 18.9 Å². The van der Waals surface area contributed by atoms with Gasteiger partial charge in [0.05, 0.1) is 19.6 Å². The maximum absolute atomic E-state index is 11.3. The first-order chi connectivity index (χ1) is 8.92. The van der Waals surface area contributed by atoms with Gasteiger partial charge >= 0.3 is 5.97 Å². The molecule has 1 aromatic rings. The van der Waals surface area contributed by atoms with Crippen molar-refractivity contribution < 1.29 is 14.1 Å². The summed E-state index contributed by atoms with van der Waals surface area (Å²) in [5.74, 6) is 1.43. The summed E-state index contributed by atoms with van der Waals surface area (Å²) in [5, 5.41) is 3.94. The van der Waals surface area contributed by atoms with Crippen LogP contribution in [-0.4, -0.2) is 41.7 Å². The molecule has 0 amide bonds. The van der Waals surface area contributed by atoms with Crippen LogP contribution in [0, 0.1) is 11.8 Å². The number of ether oxygens (including phenoxy) is 1. The van der Waals surface area contributed by atoms with Gasteiger partial charge in [-0.1, -0.05) is 25.9 Å². The van der Waals surface area contributed by atoms with Crippen LogP contribution in [0.2, 0.25) is 0 Å². The lowest BCUT2D eigenvalue weighted by molar-refractivity contribution is -0.145. The molecule has 0 aliphatic heterocycles. The number of nitrogens with zero attached hydrogens (tertiary/aromatic N) is 3. The summed E-state index contributed by atoms with van der Waals surface area (Å²) in [6.07, 6.45) is 0.787. The van der Waals surface area contributed by atoms with Crippen molar-refractivity contribution in [3.63, 3.8) is 0 Å². The summed E-state index contributed by atoms with van der Waals surface area (Å²) in [5.41, 5.74) is 0. The van der Waals surface area contributed by atoms with E-state index in [2.05, 4.69) is 24.0 Å². The molecule has 0 aromatic carbocycles. The van der Waals surface area contributed by atoms with Crippen LogP contribution in [0.15, 0.2) is 4.52 Å². The van der Waals surface area contributed by atoms with Gasteiger partial charge in [0.25, 0.3) is 0 Å². The highest BCUT2D eigenvalue weighted by molar-refractivity contribution is 5.71. The molecule has 108 valence electrons. The Morgan fingerprint density at radius 3 is 2.68 bits per heavy atom. The van der Waals surface area contributed by atoms with Crippen LogP contribution in [0.5, 0.6) is 0 Å². The number of rotatable bonds is 7. The second-order valence-corrected chi connectivity index (χ2v) is 5.32. The summed E-state index contributed by atoms with van der Waals surface area (Å²) in [4.78, 5) is 17.6. The third-order valence-corrected chi connectivity index (χ3v) is 2.69. The fourth-order valence-corrected chi connectivity index (χ4v) is 1.84. The fraction of sp³-hybridized carbons (Fsp3) is 0.769. The van der Waals surface area contributed by atoms with Gasteiger partial charge in [-0.05, 0) is 13.0 Å². The van der Waals surface area contributed by atoms with Crippen molar-refractivity contribution in [1.29, 1.82) is 0 Å². The highest BCUT2D eigenvalue weighted by Crippen LogP contribution is 2.08. The Balaban J connectivity index is 2.45. The number of methoxy groups -OCH3 is 1. The van der Waals surface area contributed by atoms with Gasteiger partial charge in [0.15, 0.2) is 5.82 Å². The SMILES string of the molecule is COC(=O)C(C)CN(C)Cc1noc(CC(C)C)n1. The predicted molar refractivity (Wildman–Crippen MR) is 70.4 cm³/mol. The molecule has 0 radical (unpaired) electrons. The third kappa shape index (κ3) is 5.38. The second kappa shape index (κ2) is 7.23. The molecule has 1 atom stereocenters. The Kier molecular flexibility index (Phi) is 5.95. The smallest absolute Gasteiger partial charge is 0.309 e. The van der Waals surface area contributed by atoms with Crippen LogP contribution < -0.4 is 0 Å². The largest absolute Gasteiger partial charge is 0.469 e.